The molecule has 4 nitrogen and oxygen atoms in total. The van der Waals surface area contributed by atoms with E-state index in [1.807, 2.05) is 26.0 Å². The van der Waals surface area contributed by atoms with Gasteiger partial charge in [0.15, 0.2) is 0 Å². The lowest BCUT2D eigenvalue weighted by Crippen LogP contribution is -2.26. The van der Waals surface area contributed by atoms with Gasteiger partial charge in [0, 0.05) is 0 Å². The third-order valence-electron chi connectivity index (χ3n) is 7.09. The summed E-state index contributed by atoms with van der Waals surface area (Å²) in [6.07, 6.45) is 4.43. The number of aliphatic hydroxyl groups excluding tert-OH is 3. The standard InChI is InChI=1S/C28H42O4/c1-6-22-16-25(11-12-27(22)32-19-26(31)20(4)5)28(7-2,8-3)14-13-21-9-10-23(17-29)24(15-21)18-30/h9-12,15-16,20,26,29-31H,6-8,13-14,17-19H2,1-5H3. The summed E-state index contributed by atoms with van der Waals surface area (Å²) >= 11 is 0. The normalized spacial score (nSPS) is 12.9. The van der Waals surface area contributed by atoms with Crippen molar-refractivity contribution in [1.29, 1.82) is 0 Å². The number of ether oxygens (including phenoxy) is 1. The Morgan fingerprint density at radius 2 is 1.56 bits per heavy atom. The Balaban J connectivity index is 2.24. The second-order valence-electron chi connectivity index (χ2n) is 9.21. The van der Waals surface area contributed by atoms with Gasteiger partial charge < -0.3 is 20.1 Å². The number of hydrogen-bond donors (Lipinski definition) is 3. The maximum Gasteiger partial charge on any atom is 0.122 e. The van der Waals surface area contributed by atoms with Crippen LogP contribution >= 0.6 is 0 Å². The Morgan fingerprint density at radius 3 is 2.12 bits per heavy atom. The zero-order valence-electron chi connectivity index (χ0n) is 20.5. The molecule has 3 N–H and O–H groups in total. The number of aryl methyl sites for hydroxylation is 2. The van der Waals surface area contributed by atoms with Crippen molar-refractivity contribution in [1.82, 2.24) is 0 Å². The van der Waals surface area contributed by atoms with E-state index in [2.05, 4.69) is 45.0 Å². The van der Waals surface area contributed by atoms with Crippen LogP contribution in [0.4, 0.5) is 0 Å². The summed E-state index contributed by atoms with van der Waals surface area (Å²) in [4.78, 5) is 0. The molecule has 4 heteroatoms. The molecule has 0 saturated heterocycles. The molecule has 0 fully saturated rings. The molecule has 2 aromatic rings. The smallest absolute Gasteiger partial charge is 0.122 e. The molecule has 2 rings (SSSR count). The minimum Gasteiger partial charge on any atom is -0.491 e. The SMILES string of the molecule is CCc1cc(C(CC)(CC)CCc2ccc(CO)c(CO)c2)ccc1OCC(O)C(C)C. The topological polar surface area (TPSA) is 69.9 Å². The first kappa shape index (κ1) is 26.4. The third kappa shape index (κ3) is 6.34. The van der Waals surface area contributed by atoms with Crippen molar-refractivity contribution in [3.05, 3.63) is 64.2 Å². The monoisotopic (exact) mass is 442 g/mol. The molecule has 0 spiro atoms. The molecule has 0 aromatic heterocycles. The van der Waals surface area contributed by atoms with Crippen molar-refractivity contribution in [2.75, 3.05) is 6.61 Å². The Bertz CT molecular complexity index is 839. The summed E-state index contributed by atoms with van der Waals surface area (Å²) in [5.41, 5.74) is 5.37. The first-order chi connectivity index (χ1) is 15.3. The van der Waals surface area contributed by atoms with Gasteiger partial charge in [-0.3, -0.25) is 0 Å². The van der Waals surface area contributed by atoms with Gasteiger partial charge in [-0.05, 0) is 77.3 Å². The molecule has 0 aliphatic rings. The highest BCUT2D eigenvalue weighted by Gasteiger charge is 2.29. The highest BCUT2D eigenvalue weighted by atomic mass is 16.5. The molecule has 0 heterocycles. The molecule has 0 aliphatic carbocycles. The van der Waals surface area contributed by atoms with Gasteiger partial charge in [0.05, 0.1) is 19.3 Å². The van der Waals surface area contributed by atoms with E-state index >= 15 is 0 Å². The lowest BCUT2D eigenvalue weighted by molar-refractivity contribution is 0.0697. The summed E-state index contributed by atoms with van der Waals surface area (Å²) in [6.45, 7) is 10.9. The molecule has 0 aliphatic heterocycles. The minimum atomic E-state index is -0.467. The van der Waals surface area contributed by atoms with E-state index in [-0.39, 0.29) is 24.5 Å². The Kier molecular flexibility index (Phi) is 10.2. The molecule has 0 radical (unpaired) electrons. The summed E-state index contributed by atoms with van der Waals surface area (Å²) in [5.74, 6) is 1.04. The van der Waals surface area contributed by atoms with Gasteiger partial charge in [0.25, 0.3) is 0 Å². The summed E-state index contributed by atoms with van der Waals surface area (Å²) < 4.78 is 5.97. The van der Waals surface area contributed by atoms with Crippen molar-refractivity contribution in [2.45, 2.75) is 91.5 Å². The van der Waals surface area contributed by atoms with E-state index in [4.69, 9.17) is 4.74 Å². The molecule has 1 atom stereocenters. The van der Waals surface area contributed by atoms with Crippen LogP contribution in [-0.4, -0.2) is 28.0 Å². The van der Waals surface area contributed by atoms with Crippen LogP contribution in [0.5, 0.6) is 5.75 Å². The van der Waals surface area contributed by atoms with Crippen molar-refractivity contribution in [3.63, 3.8) is 0 Å². The first-order valence-electron chi connectivity index (χ1n) is 12.1. The number of rotatable bonds is 13. The average molecular weight is 443 g/mol. The second-order valence-corrected chi connectivity index (χ2v) is 9.21. The van der Waals surface area contributed by atoms with Crippen molar-refractivity contribution in [3.8, 4) is 5.75 Å². The van der Waals surface area contributed by atoms with Gasteiger partial charge in [0.2, 0.25) is 0 Å². The molecular formula is C28H42O4. The van der Waals surface area contributed by atoms with E-state index in [9.17, 15) is 15.3 Å². The van der Waals surface area contributed by atoms with E-state index in [0.717, 1.165) is 49.0 Å². The predicted octanol–water partition coefficient (Wildman–Crippen LogP) is 5.32. The molecular weight excluding hydrogens is 400 g/mol. The first-order valence-corrected chi connectivity index (χ1v) is 12.1. The van der Waals surface area contributed by atoms with Crippen LogP contribution in [0.25, 0.3) is 0 Å². The van der Waals surface area contributed by atoms with Crippen LogP contribution < -0.4 is 4.74 Å². The second kappa shape index (κ2) is 12.4. The van der Waals surface area contributed by atoms with Gasteiger partial charge in [-0.1, -0.05) is 65.0 Å². The van der Waals surface area contributed by atoms with Crippen LogP contribution in [0.2, 0.25) is 0 Å². The number of benzene rings is 2. The Labute approximate surface area is 194 Å². The Hall–Kier alpha value is -1.88. The zero-order chi connectivity index (χ0) is 23.7. The minimum absolute atomic E-state index is 0.0492. The van der Waals surface area contributed by atoms with Crippen molar-refractivity contribution in [2.24, 2.45) is 5.92 Å². The van der Waals surface area contributed by atoms with Crippen LogP contribution in [-0.2, 0) is 31.5 Å². The van der Waals surface area contributed by atoms with Crippen LogP contribution in [0.1, 0.15) is 81.7 Å². The van der Waals surface area contributed by atoms with Crippen molar-refractivity contribution >= 4 is 0 Å². The maximum atomic E-state index is 10.1. The van der Waals surface area contributed by atoms with Crippen LogP contribution in [0.3, 0.4) is 0 Å². The fourth-order valence-corrected chi connectivity index (χ4v) is 4.37. The maximum absolute atomic E-state index is 10.1. The lowest BCUT2D eigenvalue weighted by atomic mass is 9.71. The number of hydrogen-bond acceptors (Lipinski definition) is 4. The summed E-state index contributed by atoms with van der Waals surface area (Å²) in [5, 5.41) is 29.2. The van der Waals surface area contributed by atoms with Crippen LogP contribution in [0.15, 0.2) is 36.4 Å². The van der Waals surface area contributed by atoms with Gasteiger partial charge in [-0.15, -0.1) is 0 Å². The van der Waals surface area contributed by atoms with E-state index in [0.29, 0.717) is 6.61 Å². The molecule has 178 valence electrons. The van der Waals surface area contributed by atoms with Gasteiger partial charge in [0.1, 0.15) is 12.4 Å². The van der Waals surface area contributed by atoms with E-state index in [1.165, 1.54) is 16.7 Å². The molecule has 2 aromatic carbocycles. The highest BCUT2D eigenvalue weighted by Crippen LogP contribution is 2.38. The summed E-state index contributed by atoms with van der Waals surface area (Å²) in [7, 11) is 0. The van der Waals surface area contributed by atoms with E-state index < -0.39 is 6.10 Å². The molecule has 32 heavy (non-hydrogen) atoms. The highest BCUT2D eigenvalue weighted by molar-refractivity contribution is 5.41. The average Bonchev–Trinajstić information content (AvgIpc) is 2.83. The number of aliphatic hydroxyl groups is 3. The molecule has 0 amide bonds. The largest absolute Gasteiger partial charge is 0.491 e. The van der Waals surface area contributed by atoms with Gasteiger partial charge >= 0.3 is 0 Å². The quantitative estimate of drug-likeness (QED) is 0.393. The van der Waals surface area contributed by atoms with Crippen LogP contribution in [0, 0.1) is 5.92 Å². The zero-order valence-corrected chi connectivity index (χ0v) is 20.5. The lowest BCUT2D eigenvalue weighted by Gasteiger charge is -2.33. The molecule has 0 saturated carbocycles. The molecule has 1 unspecified atom stereocenters. The fourth-order valence-electron chi connectivity index (χ4n) is 4.37. The predicted molar refractivity (Wildman–Crippen MR) is 131 cm³/mol. The molecule has 0 bridgehead atoms. The van der Waals surface area contributed by atoms with Gasteiger partial charge in [-0.2, -0.15) is 0 Å². The summed E-state index contributed by atoms with van der Waals surface area (Å²) in [6, 6.07) is 12.6. The Morgan fingerprint density at radius 1 is 0.875 bits per heavy atom. The van der Waals surface area contributed by atoms with Crippen molar-refractivity contribution < 1.29 is 20.1 Å². The van der Waals surface area contributed by atoms with E-state index in [1.54, 1.807) is 0 Å². The third-order valence-corrected chi connectivity index (χ3v) is 7.09. The van der Waals surface area contributed by atoms with Gasteiger partial charge in [-0.25, -0.2) is 0 Å². The fraction of sp³-hybridized carbons (Fsp3) is 0.571.